The number of ether oxygens (including phenoxy) is 1. The molecule has 0 aromatic heterocycles. The maximum Gasteiger partial charge on any atom is 0.416 e. The van der Waals surface area contributed by atoms with E-state index in [9.17, 15) is 26.3 Å². The molecule has 0 radical (unpaired) electrons. The Hall–Kier alpha value is -2.49. The molecule has 3 nitrogen and oxygen atoms in total. The van der Waals surface area contributed by atoms with Gasteiger partial charge in [0.2, 0.25) is 0 Å². The first-order valence-corrected chi connectivity index (χ1v) is 6.59. The second-order valence-electron chi connectivity index (χ2n) is 4.47. The monoisotopic (exact) mass is 366 g/mol. The molecule has 10 heteroatoms. The number of thiocarbonyl (C=S) groups is 1. The van der Waals surface area contributed by atoms with E-state index in [1.165, 1.54) is 12.1 Å². The third-order valence-electron chi connectivity index (χ3n) is 2.75. The summed E-state index contributed by atoms with van der Waals surface area (Å²) < 4.78 is 83.8. The lowest BCUT2D eigenvalue weighted by atomic mass is 10.2. The highest BCUT2D eigenvalue weighted by Gasteiger charge is 2.33. The van der Waals surface area contributed by atoms with Crippen LogP contribution in [0.2, 0.25) is 0 Å². The van der Waals surface area contributed by atoms with Crippen molar-refractivity contribution in [3.05, 3.63) is 53.3 Å². The predicted molar refractivity (Wildman–Crippen MR) is 78.2 cm³/mol. The smallest absolute Gasteiger partial charge is 0.416 e. The summed E-state index contributed by atoms with van der Waals surface area (Å²) in [6.07, 6.45) is -4.95. The number of alkyl halides is 3. The minimum atomic E-state index is -4.95. The van der Waals surface area contributed by atoms with Gasteiger partial charge in [-0.2, -0.15) is 13.2 Å². The van der Waals surface area contributed by atoms with E-state index in [0.29, 0.717) is 0 Å². The Balaban J connectivity index is 2.48. The molecule has 128 valence electrons. The molecule has 24 heavy (non-hydrogen) atoms. The normalized spacial score (nSPS) is 11.2. The summed E-state index contributed by atoms with van der Waals surface area (Å²) >= 11 is 4.57. The molecule has 0 spiro atoms. The van der Waals surface area contributed by atoms with Gasteiger partial charge in [0.25, 0.3) is 0 Å². The number of hydrogen-bond donors (Lipinski definition) is 2. The molecule has 0 saturated carbocycles. The van der Waals surface area contributed by atoms with E-state index >= 15 is 0 Å². The highest BCUT2D eigenvalue weighted by molar-refractivity contribution is 7.80. The summed E-state index contributed by atoms with van der Waals surface area (Å²) in [5.41, 5.74) is 3.54. The average molecular weight is 366 g/mol. The fraction of sp³-hybridized carbons (Fsp3) is 0.0714. The van der Waals surface area contributed by atoms with Crippen molar-refractivity contribution in [1.82, 2.24) is 0 Å². The second kappa shape index (κ2) is 6.56. The summed E-state index contributed by atoms with van der Waals surface area (Å²) in [5.74, 6) is -6.20. The first-order valence-electron chi connectivity index (χ1n) is 6.18. The lowest BCUT2D eigenvalue weighted by Gasteiger charge is -2.15. The van der Waals surface area contributed by atoms with Crippen LogP contribution in [-0.4, -0.2) is 5.11 Å². The fourth-order valence-corrected chi connectivity index (χ4v) is 1.88. The van der Waals surface area contributed by atoms with Gasteiger partial charge in [0.1, 0.15) is 0 Å². The summed E-state index contributed by atoms with van der Waals surface area (Å²) in [6.45, 7) is 0. The standard InChI is InChI=1S/C14H8F6N2OS/c15-7-2-1-3-10(22-13(21)24)12(7)23-11-8(16)4-6(5-9(11)17)14(18,19)20/h1-5H,(H3,21,22,24). The van der Waals surface area contributed by atoms with Crippen LogP contribution in [0.3, 0.4) is 0 Å². The number of halogens is 6. The van der Waals surface area contributed by atoms with E-state index < -0.39 is 40.7 Å². The van der Waals surface area contributed by atoms with Gasteiger partial charge in [0.15, 0.2) is 34.1 Å². The van der Waals surface area contributed by atoms with Crippen molar-refractivity contribution in [1.29, 1.82) is 0 Å². The third-order valence-corrected chi connectivity index (χ3v) is 2.86. The topological polar surface area (TPSA) is 47.3 Å². The molecular weight excluding hydrogens is 358 g/mol. The molecule has 3 N–H and O–H groups in total. The first kappa shape index (κ1) is 17.9. The molecule has 0 aliphatic carbocycles. The van der Waals surface area contributed by atoms with Gasteiger partial charge in [-0.15, -0.1) is 0 Å². The number of hydrogen-bond acceptors (Lipinski definition) is 2. The van der Waals surface area contributed by atoms with Crippen molar-refractivity contribution >= 4 is 23.0 Å². The molecule has 0 heterocycles. The van der Waals surface area contributed by atoms with E-state index in [2.05, 4.69) is 17.5 Å². The Morgan fingerprint density at radius 1 is 1.00 bits per heavy atom. The molecule has 0 amide bonds. The zero-order chi connectivity index (χ0) is 18.1. The predicted octanol–water partition coefficient (Wildman–Crippen LogP) is 4.57. The summed E-state index contributed by atoms with van der Waals surface area (Å²) in [4.78, 5) is 0. The van der Waals surface area contributed by atoms with Crippen LogP contribution in [0.1, 0.15) is 5.56 Å². The molecule has 0 bridgehead atoms. The molecule has 0 aliphatic rings. The van der Waals surface area contributed by atoms with Crippen LogP contribution in [0.25, 0.3) is 0 Å². The third kappa shape index (κ3) is 3.88. The molecule has 0 saturated heterocycles. The van der Waals surface area contributed by atoms with Crippen molar-refractivity contribution < 1.29 is 31.1 Å². The maximum absolute atomic E-state index is 13.8. The zero-order valence-corrected chi connectivity index (χ0v) is 12.4. The number of para-hydroxylation sites is 1. The van der Waals surface area contributed by atoms with Gasteiger partial charge in [-0.3, -0.25) is 0 Å². The molecule has 0 unspecified atom stereocenters. The van der Waals surface area contributed by atoms with Crippen molar-refractivity contribution in [2.75, 3.05) is 5.32 Å². The lowest BCUT2D eigenvalue weighted by Crippen LogP contribution is -2.19. The summed E-state index contributed by atoms with van der Waals surface area (Å²) in [5, 5.41) is 2.05. The van der Waals surface area contributed by atoms with Gasteiger partial charge in [-0.1, -0.05) is 6.07 Å². The van der Waals surface area contributed by atoms with Crippen molar-refractivity contribution in [3.8, 4) is 11.5 Å². The molecular formula is C14H8F6N2OS. The van der Waals surface area contributed by atoms with Gasteiger partial charge in [0.05, 0.1) is 11.3 Å². The molecule has 2 aromatic carbocycles. The van der Waals surface area contributed by atoms with Crippen LogP contribution in [0.5, 0.6) is 11.5 Å². The van der Waals surface area contributed by atoms with Crippen LogP contribution in [0.4, 0.5) is 32.0 Å². The Labute approximate surface area is 137 Å². The van der Waals surface area contributed by atoms with Crippen molar-refractivity contribution in [3.63, 3.8) is 0 Å². The van der Waals surface area contributed by atoms with Crippen LogP contribution in [0.15, 0.2) is 30.3 Å². The second-order valence-corrected chi connectivity index (χ2v) is 4.91. The van der Waals surface area contributed by atoms with Gasteiger partial charge < -0.3 is 15.8 Å². The lowest BCUT2D eigenvalue weighted by molar-refractivity contribution is -0.138. The fourth-order valence-electron chi connectivity index (χ4n) is 1.77. The molecule has 0 atom stereocenters. The SMILES string of the molecule is NC(=S)Nc1cccc(F)c1Oc1c(F)cc(C(F)(F)F)cc1F. The summed E-state index contributed by atoms with van der Waals surface area (Å²) in [6, 6.07) is 3.49. The molecule has 0 aliphatic heterocycles. The highest BCUT2D eigenvalue weighted by Crippen LogP contribution is 2.38. The number of benzene rings is 2. The van der Waals surface area contributed by atoms with Crippen LogP contribution >= 0.6 is 12.2 Å². The Kier molecular flexibility index (Phi) is 4.88. The largest absolute Gasteiger partial charge is 0.446 e. The van der Waals surface area contributed by atoms with Crippen LogP contribution < -0.4 is 15.8 Å². The van der Waals surface area contributed by atoms with Gasteiger partial charge in [0, 0.05) is 0 Å². The Morgan fingerprint density at radius 2 is 1.58 bits per heavy atom. The Bertz CT molecular complexity index is 770. The number of rotatable bonds is 3. The molecule has 2 rings (SSSR count). The van der Waals surface area contributed by atoms with Crippen molar-refractivity contribution in [2.45, 2.75) is 6.18 Å². The van der Waals surface area contributed by atoms with Gasteiger partial charge >= 0.3 is 6.18 Å². The van der Waals surface area contributed by atoms with Crippen molar-refractivity contribution in [2.24, 2.45) is 5.73 Å². The maximum atomic E-state index is 13.8. The quantitative estimate of drug-likeness (QED) is 0.617. The summed E-state index contributed by atoms with van der Waals surface area (Å²) in [7, 11) is 0. The number of anilines is 1. The molecule has 2 aromatic rings. The molecule has 0 fully saturated rings. The first-order chi connectivity index (χ1) is 11.1. The average Bonchev–Trinajstić information content (AvgIpc) is 2.43. The van der Waals surface area contributed by atoms with E-state index in [1.54, 1.807) is 0 Å². The van der Waals surface area contributed by atoms with Crippen LogP contribution in [0, 0.1) is 17.5 Å². The van der Waals surface area contributed by atoms with Crippen LogP contribution in [-0.2, 0) is 6.18 Å². The van der Waals surface area contributed by atoms with E-state index in [0.717, 1.165) is 6.07 Å². The van der Waals surface area contributed by atoms with Gasteiger partial charge in [-0.25, -0.2) is 13.2 Å². The van der Waals surface area contributed by atoms with E-state index in [4.69, 9.17) is 10.5 Å². The van der Waals surface area contributed by atoms with Gasteiger partial charge in [-0.05, 0) is 36.5 Å². The highest BCUT2D eigenvalue weighted by atomic mass is 32.1. The number of nitrogens with two attached hydrogens (primary N) is 1. The minimum absolute atomic E-state index is 0.0416. The Morgan fingerprint density at radius 3 is 2.08 bits per heavy atom. The van der Waals surface area contributed by atoms with E-state index in [-0.39, 0.29) is 22.9 Å². The number of nitrogens with one attached hydrogen (secondary N) is 1. The minimum Gasteiger partial charge on any atom is -0.446 e. The zero-order valence-electron chi connectivity index (χ0n) is 11.5. The van der Waals surface area contributed by atoms with E-state index in [1.807, 2.05) is 0 Å².